The van der Waals surface area contributed by atoms with Crippen LogP contribution >= 0.6 is 11.3 Å². The van der Waals surface area contributed by atoms with Crippen LogP contribution in [0.4, 0.5) is 5.69 Å². The lowest BCUT2D eigenvalue weighted by Gasteiger charge is -2.25. The number of carbonyl (C=O) groups excluding carboxylic acids is 1. The summed E-state index contributed by atoms with van der Waals surface area (Å²) in [6, 6.07) is 1.10. The fourth-order valence-electron chi connectivity index (χ4n) is 2.44. The zero-order valence-electron chi connectivity index (χ0n) is 15.2. The molecule has 0 saturated heterocycles. The van der Waals surface area contributed by atoms with Crippen LogP contribution in [0.5, 0.6) is 0 Å². The molecule has 7 nitrogen and oxygen atoms in total. The van der Waals surface area contributed by atoms with E-state index >= 15 is 0 Å². The topological polar surface area (TPSA) is 89.2 Å². The minimum absolute atomic E-state index is 0.184. The van der Waals surface area contributed by atoms with Gasteiger partial charge in [0.25, 0.3) is 11.6 Å². The van der Waals surface area contributed by atoms with E-state index in [-0.39, 0.29) is 23.2 Å². The lowest BCUT2D eigenvalue weighted by atomic mass is 10.1. The Labute approximate surface area is 150 Å². The van der Waals surface area contributed by atoms with Crippen molar-refractivity contribution in [1.82, 2.24) is 14.9 Å². The van der Waals surface area contributed by atoms with Crippen LogP contribution in [0.25, 0.3) is 0 Å². The number of thiazole rings is 1. The third-order valence-electron chi connectivity index (χ3n) is 4.14. The molecule has 134 valence electrons. The van der Waals surface area contributed by atoms with Gasteiger partial charge in [0.1, 0.15) is 6.20 Å². The normalized spacial score (nSPS) is 12.3. The highest BCUT2D eigenvalue weighted by Gasteiger charge is 2.26. The Morgan fingerprint density at radius 3 is 2.44 bits per heavy atom. The van der Waals surface area contributed by atoms with Crippen LogP contribution in [0, 0.1) is 24.0 Å². The summed E-state index contributed by atoms with van der Waals surface area (Å²) in [5.41, 5.74) is 1.44. The minimum atomic E-state index is -0.547. The summed E-state index contributed by atoms with van der Waals surface area (Å²) >= 11 is 1.60. The molecule has 1 amide bonds. The van der Waals surface area contributed by atoms with Gasteiger partial charge in [-0.3, -0.25) is 19.9 Å². The second-order valence-corrected chi connectivity index (χ2v) is 7.39. The van der Waals surface area contributed by atoms with Gasteiger partial charge in [0.05, 0.1) is 32.9 Å². The molecule has 0 aliphatic heterocycles. The molecule has 0 spiro atoms. The lowest BCUT2D eigenvalue weighted by molar-refractivity contribution is -0.385. The van der Waals surface area contributed by atoms with Crippen LogP contribution in [0.1, 0.15) is 64.4 Å². The van der Waals surface area contributed by atoms with E-state index in [0.717, 1.165) is 21.8 Å². The van der Waals surface area contributed by atoms with E-state index in [1.165, 1.54) is 6.07 Å². The summed E-state index contributed by atoms with van der Waals surface area (Å²) in [5.74, 6) is 0.0361. The first kappa shape index (κ1) is 19.0. The van der Waals surface area contributed by atoms with E-state index in [1.54, 1.807) is 30.2 Å². The molecule has 0 aliphatic rings. The molecule has 0 bridgehead atoms. The standard InChI is InChI=1S/C17H22N4O3S/c1-9(2)16-19-11(4)15(25-16)12(5)20(6)17(22)14-7-13(21(23)24)8-18-10(14)3/h7-9,12H,1-6H3/t12-/m0/s1. The second kappa shape index (κ2) is 7.26. The van der Waals surface area contributed by atoms with E-state index in [4.69, 9.17) is 0 Å². The highest BCUT2D eigenvalue weighted by Crippen LogP contribution is 2.32. The molecule has 0 N–H and O–H groups in total. The zero-order chi connectivity index (χ0) is 18.9. The van der Waals surface area contributed by atoms with Gasteiger partial charge in [0.2, 0.25) is 0 Å². The summed E-state index contributed by atoms with van der Waals surface area (Å²) < 4.78 is 0. The number of carbonyl (C=O) groups is 1. The lowest BCUT2D eigenvalue weighted by Crippen LogP contribution is -2.30. The molecule has 25 heavy (non-hydrogen) atoms. The third kappa shape index (κ3) is 3.84. The number of amides is 1. The monoisotopic (exact) mass is 362 g/mol. The Hall–Kier alpha value is -2.35. The average molecular weight is 362 g/mol. The Bertz CT molecular complexity index is 816. The van der Waals surface area contributed by atoms with Gasteiger partial charge in [-0.05, 0) is 20.8 Å². The Morgan fingerprint density at radius 2 is 1.92 bits per heavy atom. The maximum atomic E-state index is 12.9. The van der Waals surface area contributed by atoms with Crippen molar-refractivity contribution in [1.29, 1.82) is 0 Å². The first-order valence-electron chi connectivity index (χ1n) is 7.98. The number of nitro groups is 1. The molecule has 2 heterocycles. The molecule has 0 aromatic carbocycles. The van der Waals surface area contributed by atoms with E-state index < -0.39 is 4.92 Å². The highest BCUT2D eigenvalue weighted by atomic mass is 32.1. The van der Waals surface area contributed by atoms with Crippen molar-refractivity contribution in [3.05, 3.63) is 49.2 Å². The molecule has 0 unspecified atom stereocenters. The van der Waals surface area contributed by atoms with Gasteiger partial charge in [0, 0.05) is 23.9 Å². The van der Waals surface area contributed by atoms with Gasteiger partial charge in [0.15, 0.2) is 0 Å². The Morgan fingerprint density at radius 1 is 1.28 bits per heavy atom. The van der Waals surface area contributed by atoms with Crippen molar-refractivity contribution in [2.75, 3.05) is 7.05 Å². The van der Waals surface area contributed by atoms with Crippen molar-refractivity contribution in [3.8, 4) is 0 Å². The number of hydrogen-bond acceptors (Lipinski definition) is 6. The SMILES string of the molecule is Cc1ncc([N+](=O)[O-])cc1C(=O)N(C)[C@@H](C)c1sc(C(C)C)nc1C. The van der Waals surface area contributed by atoms with Gasteiger partial charge in [-0.1, -0.05) is 13.8 Å². The Kier molecular flexibility index (Phi) is 5.52. The summed E-state index contributed by atoms with van der Waals surface area (Å²) in [6.07, 6.45) is 1.16. The maximum absolute atomic E-state index is 12.9. The number of hydrogen-bond donors (Lipinski definition) is 0. The molecular formula is C17H22N4O3S. The fraction of sp³-hybridized carbons (Fsp3) is 0.471. The van der Waals surface area contributed by atoms with Crippen molar-refractivity contribution in [3.63, 3.8) is 0 Å². The van der Waals surface area contributed by atoms with E-state index in [2.05, 4.69) is 23.8 Å². The highest BCUT2D eigenvalue weighted by molar-refractivity contribution is 7.11. The van der Waals surface area contributed by atoms with Crippen LogP contribution in [0.3, 0.4) is 0 Å². The van der Waals surface area contributed by atoms with Crippen LogP contribution in [0.15, 0.2) is 12.3 Å². The quantitative estimate of drug-likeness (QED) is 0.592. The van der Waals surface area contributed by atoms with Crippen LogP contribution in [-0.2, 0) is 0 Å². The molecular weight excluding hydrogens is 340 g/mol. The molecule has 2 rings (SSSR count). The number of pyridine rings is 1. The van der Waals surface area contributed by atoms with Crippen molar-refractivity contribution in [2.24, 2.45) is 0 Å². The molecule has 0 saturated carbocycles. The summed E-state index contributed by atoms with van der Waals surface area (Å²) in [6.45, 7) is 9.71. The summed E-state index contributed by atoms with van der Waals surface area (Å²) in [5, 5.41) is 12.0. The van der Waals surface area contributed by atoms with E-state index in [0.29, 0.717) is 11.6 Å². The smallest absolute Gasteiger partial charge is 0.288 e. The molecule has 0 aliphatic carbocycles. The second-order valence-electron chi connectivity index (χ2n) is 6.33. The van der Waals surface area contributed by atoms with Crippen LogP contribution < -0.4 is 0 Å². The van der Waals surface area contributed by atoms with Gasteiger partial charge < -0.3 is 4.90 Å². The number of aromatic nitrogens is 2. The van der Waals surface area contributed by atoms with Gasteiger partial charge >= 0.3 is 0 Å². The van der Waals surface area contributed by atoms with Crippen LogP contribution in [-0.4, -0.2) is 32.7 Å². The van der Waals surface area contributed by atoms with Crippen molar-refractivity contribution in [2.45, 2.75) is 46.6 Å². The molecule has 0 radical (unpaired) electrons. The maximum Gasteiger partial charge on any atom is 0.288 e. The minimum Gasteiger partial charge on any atom is -0.334 e. The molecule has 1 atom stereocenters. The number of aryl methyl sites for hydroxylation is 2. The third-order valence-corrected chi connectivity index (χ3v) is 5.77. The number of nitrogens with zero attached hydrogens (tertiary/aromatic N) is 4. The zero-order valence-corrected chi connectivity index (χ0v) is 16.0. The van der Waals surface area contributed by atoms with Crippen molar-refractivity contribution < 1.29 is 9.72 Å². The predicted octanol–water partition coefficient (Wildman–Crippen LogP) is 4.02. The first-order valence-corrected chi connectivity index (χ1v) is 8.80. The number of rotatable bonds is 5. The van der Waals surface area contributed by atoms with Crippen LogP contribution in [0.2, 0.25) is 0 Å². The Balaban J connectivity index is 2.34. The average Bonchev–Trinajstić information content (AvgIpc) is 2.95. The molecule has 0 fully saturated rings. The van der Waals surface area contributed by atoms with Gasteiger partial charge in [-0.2, -0.15) is 0 Å². The fourth-order valence-corrected chi connectivity index (χ4v) is 3.61. The summed E-state index contributed by atoms with van der Waals surface area (Å²) in [7, 11) is 1.69. The van der Waals surface area contributed by atoms with E-state index in [9.17, 15) is 14.9 Å². The molecule has 2 aromatic rings. The summed E-state index contributed by atoms with van der Waals surface area (Å²) in [4.78, 5) is 34.4. The first-order chi connectivity index (χ1) is 11.6. The van der Waals surface area contributed by atoms with E-state index in [1.807, 2.05) is 13.8 Å². The molecule has 8 heteroatoms. The van der Waals surface area contributed by atoms with Gasteiger partial charge in [-0.25, -0.2) is 4.98 Å². The predicted molar refractivity (Wildman–Crippen MR) is 97.1 cm³/mol. The molecule has 2 aromatic heterocycles. The van der Waals surface area contributed by atoms with Gasteiger partial charge in [-0.15, -0.1) is 11.3 Å². The largest absolute Gasteiger partial charge is 0.334 e. The van der Waals surface area contributed by atoms with Crippen molar-refractivity contribution >= 4 is 22.9 Å².